The molecule has 1 unspecified atom stereocenters. The van der Waals surface area contributed by atoms with Crippen LogP contribution in [-0.4, -0.2) is 17.6 Å². The molecule has 0 spiro atoms. The second-order valence-electron chi connectivity index (χ2n) is 5.21. The molecule has 0 aliphatic heterocycles. The van der Waals surface area contributed by atoms with E-state index in [4.69, 9.17) is 11.6 Å². The largest absolute Gasteiger partial charge is 0.384 e. The first kappa shape index (κ1) is 16.3. The molecule has 1 atom stereocenters. The number of hydrogen-bond donors (Lipinski definition) is 2. The van der Waals surface area contributed by atoms with Gasteiger partial charge in [-0.1, -0.05) is 60.1 Å². The van der Waals surface area contributed by atoms with Gasteiger partial charge in [-0.2, -0.15) is 0 Å². The zero-order chi connectivity index (χ0) is 16.0. The van der Waals surface area contributed by atoms with E-state index in [-0.39, 0.29) is 12.5 Å². The number of amides is 1. The monoisotopic (exact) mass is 315 g/mol. The summed E-state index contributed by atoms with van der Waals surface area (Å²) in [7, 11) is 0. The molecular weight excluding hydrogens is 298 g/mol. The van der Waals surface area contributed by atoms with Gasteiger partial charge in [0.15, 0.2) is 0 Å². The predicted molar refractivity (Wildman–Crippen MR) is 89.5 cm³/mol. The summed E-state index contributed by atoms with van der Waals surface area (Å²) < 4.78 is 0. The van der Waals surface area contributed by atoms with E-state index in [1.807, 2.05) is 48.5 Å². The summed E-state index contributed by atoms with van der Waals surface area (Å²) in [6.07, 6.45) is 3.05. The molecule has 0 radical (unpaired) electrons. The van der Waals surface area contributed by atoms with Crippen LogP contribution in [0, 0.1) is 0 Å². The Morgan fingerprint density at radius 2 is 1.82 bits per heavy atom. The summed E-state index contributed by atoms with van der Waals surface area (Å²) in [6, 6.07) is 16.5. The Morgan fingerprint density at radius 1 is 1.18 bits per heavy atom. The van der Waals surface area contributed by atoms with Gasteiger partial charge in [-0.25, -0.2) is 0 Å². The fraction of sp³-hybridized carbons (Fsp3) is 0.167. The number of benzene rings is 2. The molecule has 0 saturated carbocycles. The molecule has 0 aliphatic rings. The third kappa shape index (κ3) is 4.45. The second-order valence-corrected chi connectivity index (χ2v) is 5.62. The van der Waals surface area contributed by atoms with E-state index in [1.54, 1.807) is 19.1 Å². The van der Waals surface area contributed by atoms with Gasteiger partial charge in [0, 0.05) is 11.1 Å². The van der Waals surface area contributed by atoms with Crippen molar-refractivity contribution in [1.29, 1.82) is 0 Å². The van der Waals surface area contributed by atoms with E-state index in [0.29, 0.717) is 5.02 Å². The van der Waals surface area contributed by atoms with Crippen molar-refractivity contribution in [1.82, 2.24) is 5.32 Å². The van der Waals surface area contributed by atoms with Crippen molar-refractivity contribution in [2.45, 2.75) is 12.5 Å². The molecule has 1 amide bonds. The van der Waals surface area contributed by atoms with Crippen LogP contribution in [0.5, 0.6) is 0 Å². The van der Waals surface area contributed by atoms with Gasteiger partial charge >= 0.3 is 0 Å². The van der Waals surface area contributed by atoms with Gasteiger partial charge < -0.3 is 10.4 Å². The predicted octanol–water partition coefficient (Wildman–Crippen LogP) is 3.38. The van der Waals surface area contributed by atoms with Crippen LogP contribution in [0.4, 0.5) is 0 Å². The Bertz CT molecular complexity index is 666. The number of carbonyl (C=O) groups is 1. The lowest BCUT2D eigenvalue weighted by molar-refractivity contribution is -0.117. The summed E-state index contributed by atoms with van der Waals surface area (Å²) in [5.74, 6) is -0.281. The lowest BCUT2D eigenvalue weighted by Gasteiger charge is -2.23. The first-order valence-corrected chi connectivity index (χ1v) is 7.35. The smallest absolute Gasteiger partial charge is 0.244 e. The average molecular weight is 316 g/mol. The minimum atomic E-state index is -1.12. The van der Waals surface area contributed by atoms with Gasteiger partial charge in [0.25, 0.3) is 0 Å². The SMILES string of the molecule is CC(O)(CNC(=O)C=Cc1ccccc1Cl)c1ccccc1. The third-order valence-electron chi connectivity index (χ3n) is 3.32. The number of hydrogen-bond acceptors (Lipinski definition) is 2. The molecule has 2 rings (SSSR count). The number of rotatable bonds is 5. The first-order chi connectivity index (χ1) is 10.5. The number of aliphatic hydroxyl groups is 1. The van der Waals surface area contributed by atoms with E-state index in [0.717, 1.165) is 11.1 Å². The zero-order valence-electron chi connectivity index (χ0n) is 12.3. The highest BCUT2D eigenvalue weighted by molar-refractivity contribution is 6.32. The maximum atomic E-state index is 11.9. The lowest BCUT2D eigenvalue weighted by atomic mass is 9.96. The second kappa shape index (κ2) is 7.25. The quantitative estimate of drug-likeness (QED) is 0.831. The molecule has 0 saturated heterocycles. The highest BCUT2D eigenvalue weighted by atomic mass is 35.5. The van der Waals surface area contributed by atoms with E-state index < -0.39 is 5.60 Å². The summed E-state index contributed by atoms with van der Waals surface area (Å²) in [6.45, 7) is 1.79. The van der Waals surface area contributed by atoms with Crippen LogP contribution >= 0.6 is 11.6 Å². The fourth-order valence-electron chi connectivity index (χ4n) is 1.99. The number of nitrogens with one attached hydrogen (secondary N) is 1. The van der Waals surface area contributed by atoms with Crippen molar-refractivity contribution >= 4 is 23.6 Å². The summed E-state index contributed by atoms with van der Waals surface area (Å²) >= 11 is 6.01. The summed E-state index contributed by atoms with van der Waals surface area (Å²) in [4.78, 5) is 11.9. The van der Waals surface area contributed by atoms with E-state index in [2.05, 4.69) is 5.32 Å². The van der Waals surface area contributed by atoms with Crippen LogP contribution < -0.4 is 5.32 Å². The van der Waals surface area contributed by atoms with Crippen LogP contribution in [0.1, 0.15) is 18.1 Å². The molecule has 0 aromatic heterocycles. The minimum absolute atomic E-state index is 0.128. The highest BCUT2D eigenvalue weighted by Crippen LogP contribution is 2.19. The molecule has 4 heteroatoms. The van der Waals surface area contributed by atoms with Crippen molar-refractivity contribution < 1.29 is 9.90 Å². The van der Waals surface area contributed by atoms with Crippen molar-refractivity contribution in [3.05, 3.63) is 76.8 Å². The third-order valence-corrected chi connectivity index (χ3v) is 3.67. The average Bonchev–Trinajstić information content (AvgIpc) is 2.53. The van der Waals surface area contributed by atoms with Gasteiger partial charge in [-0.05, 0) is 30.2 Å². The van der Waals surface area contributed by atoms with E-state index in [1.165, 1.54) is 6.08 Å². The summed E-state index contributed by atoms with van der Waals surface area (Å²) in [5.41, 5.74) is 0.411. The molecule has 114 valence electrons. The maximum absolute atomic E-state index is 11.9. The van der Waals surface area contributed by atoms with Crippen molar-refractivity contribution in [2.24, 2.45) is 0 Å². The van der Waals surface area contributed by atoms with Crippen LogP contribution in [0.25, 0.3) is 6.08 Å². The molecule has 2 aromatic rings. The molecule has 0 bridgehead atoms. The van der Waals surface area contributed by atoms with Gasteiger partial charge in [-0.3, -0.25) is 4.79 Å². The van der Waals surface area contributed by atoms with Crippen molar-refractivity contribution in [3.63, 3.8) is 0 Å². The Kier molecular flexibility index (Phi) is 5.36. The normalized spacial score (nSPS) is 13.8. The molecule has 3 nitrogen and oxygen atoms in total. The summed E-state index contributed by atoms with van der Waals surface area (Å²) in [5, 5.41) is 13.7. The molecular formula is C18H18ClNO2. The van der Waals surface area contributed by atoms with Gasteiger partial charge in [-0.15, -0.1) is 0 Å². The van der Waals surface area contributed by atoms with Gasteiger partial charge in [0.05, 0.1) is 6.54 Å². The minimum Gasteiger partial charge on any atom is -0.384 e. The van der Waals surface area contributed by atoms with Crippen molar-refractivity contribution in [2.75, 3.05) is 6.54 Å². The molecule has 0 aliphatic carbocycles. The number of carbonyl (C=O) groups excluding carboxylic acids is 1. The Labute approximate surface area is 135 Å². The fourth-order valence-corrected chi connectivity index (χ4v) is 2.19. The maximum Gasteiger partial charge on any atom is 0.244 e. The zero-order valence-corrected chi connectivity index (χ0v) is 13.0. The van der Waals surface area contributed by atoms with Crippen LogP contribution in [0.15, 0.2) is 60.7 Å². The van der Waals surface area contributed by atoms with Gasteiger partial charge in [0.2, 0.25) is 5.91 Å². The van der Waals surface area contributed by atoms with Crippen LogP contribution in [-0.2, 0) is 10.4 Å². The van der Waals surface area contributed by atoms with E-state index >= 15 is 0 Å². The van der Waals surface area contributed by atoms with E-state index in [9.17, 15) is 9.90 Å². The molecule has 2 N–H and O–H groups in total. The Balaban J connectivity index is 1.94. The van der Waals surface area contributed by atoms with Crippen LogP contribution in [0.3, 0.4) is 0 Å². The van der Waals surface area contributed by atoms with Crippen LogP contribution in [0.2, 0.25) is 5.02 Å². The highest BCUT2D eigenvalue weighted by Gasteiger charge is 2.22. The molecule has 22 heavy (non-hydrogen) atoms. The van der Waals surface area contributed by atoms with Crippen molar-refractivity contribution in [3.8, 4) is 0 Å². The topological polar surface area (TPSA) is 49.3 Å². The Morgan fingerprint density at radius 3 is 2.50 bits per heavy atom. The standard InChI is InChI=1S/C18H18ClNO2/c1-18(22,15-8-3-2-4-9-15)13-20-17(21)12-11-14-7-5-6-10-16(14)19/h2-12,22H,13H2,1H3,(H,20,21). The molecule has 0 fully saturated rings. The van der Waals surface area contributed by atoms with Gasteiger partial charge in [0.1, 0.15) is 5.60 Å². The Hall–Kier alpha value is -2.10. The lowest BCUT2D eigenvalue weighted by Crippen LogP contribution is -2.37. The first-order valence-electron chi connectivity index (χ1n) is 6.97. The molecule has 2 aromatic carbocycles. The molecule has 0 heterocycles. The number of halogens is 1.